The summed E-state index contributed by atoms with van der Waals surface area (Å²) >= 11 is 0. The van der Waals surface area contributed by atoms with Gasteiger partial charge in [0.25, 0.3) is 0 Å². The number of carbonyl (C=O) groups is 1. The van der Waals surface area contributed by atoms with Gasteiger partial charge in [0.1, 0.15) is 23.7 Å². The lowest BCUT2D eigenvalue weighted by Crippen LogP contribution is -2.08. The Labute approximate surface area is 180 Å². The highest BCUT2D eigenvalue weighted by atomic mass is 19.1. The SMILES string of the molecule is CN(C)c1ccc2c(Oc3ccc(CC(=O)Cc4cccc(F)c4)cc3)ncnc2c1. The molecule has 4 rings (SSSR count). The van der Waals surface area contributed by atoms with Crippen LogP contribution in [0.4, 0.5) is 10.1 Å². The van der Waals surface area contributed by atoms with Gasteiger partial charge in [0.15, 0.2) is 0 Å². The highest BCUT2D eigenvalue weighted by Crippen LogP contribution is 2.29. The van der Waals surface area contributed by atoms with E-state index in [-0.39, 0.29) is 24.4 Å². The maximum Gasteiger partial charge on any atom is 0.230 e. The zero-order valence-electron chi connectivity index (χ0n) is 17.4. The molecule has 0 fully saturated rings. The molecule has 4 aromatic rings. The van der Waals surface area contributed by atoms with Crippen LogP contribution in [0.25, 0.3) is 10.9 Å². The molecule has 0 spiro atoms. The van der Waals surface area contributed by atoms with E-state index in [9.17, 15) is 9.18 Å². The third-order valence-corrected chi connectivity index (χ3v) is 4.93. The molecule has 0 bridgehead atoms. The zero-order valence-corrected chi connectivity index (χ0v) is 17.4. The van der Waals surface area contributed by atoms with Gasteiger partial charge in [0.2, 0.25) is 5.88 Å². The molecule has 3 aromatic carbocycles. The Kier molecular flexibility index (Phi) is 5.89. The van der Waals surface area contributed by atoms with Crippen LogP contribution in [0, 0.1) is 5.82 Å². The minimum absolute atomic E-state index is 0.0257. The highest BCUT2D eigenvalue weighted by molar-refractivity contribution is 5.86. The first kappa shape index (κ1) is 20.5. The number of aromatic nitrogens is 2. The molecule has 0 amide bonds. The van der Waals surface area contributed by atoms with E-state index in [2.05, 4.69) is 9.97 Å². The first-order valence-corrected chi connectivity index (χ1v) is 9.93. The molecular formula is C25H22FN3O2. The Hall–Kier alpha value is -3.80. The number of hydrogen-bond donors (Lipinski definition) is 0. The van der Waals surface area contributed by atoms with Crippen LogP contribution in [0.1, 0.15) is 11.1 Å². The van der Waals surface area contributed by atoms with Crippen LogP contribution >= 0.6 is 0 Å². The van der Waals surface area contributed by atoms with Crippen molar-refractivity contribution in [1.29, 1.82) is 0 Å². The van der Waals surface area contributed by atoms with E-state index in [1.54, 1.807) is 12.1 Å². The molecule has 0 aliphatic carbocycles. The van der Waals surface area contributed by atoms with Gasteiger partial charge in [0, 0.05) is 32.6 Å². The topological polar surface area (TPSA) is 55.3 Å². The largest absolute Gasteiger partial charge is 0.438 e. The third kappa shape index (κ3) is 5.04. The smallest absolute Gasteiger partial charge is 0.230 e. The van der Waals surface area contributed by atoms with E-state index in [1.165, 1.54) is 18.5 Å². The summed E-state index contributed by atoms with van der Waals surface area (Å²) in [4.78, 5) is 22.9. The van der Waals surface area contributed by atoms with Crippen molar-refractivity contribution in [2.75, 3.05) is 19.0 Å². The van der Waals surface area contributed by atoms with Gasteiger partial charge < -0.3 is 9.64 Å². The summed E-state index contributed by atoms with van der Waals surface area (Å²) in [6, 6.07) is 19.4. The van der Waals surface area contributed by atoms with Crippen LogP contribution in [-0.4, -0.2) is 29.8 Å². The van der Waals surface area contributed by atoms with Gasteiger partial charge in [-0.25, -0.2) is 14.4 Å². The second-order valence-electron chi connectivity index (χ2n) is 7.54. The molecule has 0 unspecified atom stereocenters. The van der Waals surface area contributed by atoms with Crippen molar-refractivity contribution in [3.05, 3.63) is 90.0 Å². The van der Waals surface area contributed by atoms with Crippen LogP contribution in [0.3, 0.4) is 0 Å². The van der Waals surface area contributed by atoms with Gasteiger partial charge in [-0.05, 0) is 53.6 Å². The second-order valence-corrected chi connectivity index (χ2v) is 7.54. The molecule has 0 aliphatic heterocycles. The van der Waals surface area contributed by atoms with Crippen molar-refractivity contribution in [2.24, 2.45) is 0 Å². The van der Waals surface area contributed by atoms with Crippen LogP contribution in [0.2, 0.25) is 0 Å². The van der Waals surface area contributed by atoms with E-state index < -0.39 is 0 Å². The van der Waals surface area contributed by atoms with Crippen molar-refractivity contribution in [1.82, 2.24) is 9.97 Å². The lowest BCUT2D eigenvalue weighted by molar-refractivity contribution is -0.117. The Morgan fingerprint density at radius 3 is 2.45 bits per heavy atom. The van der Waals surface area contributed by atoms with E-state index in [0.29, 0.717) is 17.2 Å². The first-order chi connectivity index (χ1) is 15.0. The van der Waals surface area contributed by atoms with E-state index in [0.717, 1.165) is 22.2 Å². The normalized spacial score (nSPS) is 10.8. The summed E-state index contributed by atoms with van der Waals surface area (Å²) in [5.41, 5.74) is 3.40. The van der Waals surface area contributed by atoms with Crippen LogP contribution < -0.4 is 9.64 Å². The molecule has 156 valence electrons. The number of ketones is 1. The molecule has 0 radical (unpaired) electrons. The molecule has 0 saturated heterocycles. The minimum Gasteiger partial charge on any atom is -0.438 e. The van der Waals surface area contributed by atoms with Gasteiger partial charge in [-0.2, -0.15) is 0 Å². The lowest BCUT2D eigenvalue weighted by atomic mass is 10.0. The molecule has 31 heavy (non-hydrogen) atoms. The molecule has 0 atom stereocenters. The van der Waals surface area contributed by atoms with Crippen LogP contribution in [-0.2, 0) is 17.6 Å². The van der Waals surface area contributed by atoms with E-state index in [4.69, 9.17) is 4.74 Å². The molecule has 0 N–H and O–H groups in total. The number of fused-ring (bicyclic) bond motifs is 1. The van der Waals surface area contributed by atoms with Gasteiger partial charge in [-0.1, -0.05) is 24.3 Å². The average Bonchev–Trinajstić information content (AvgIpc) is 2.75. The fourth-order valence-corrected chi connectivity index (χ4v) is 3.33. The number of Topliss-reactive ketones (excluding diaryl/α,β-unsaturated/α-hetero) is 1. The Morgan fingerprint density at radius 1 is 0.935 bits per heavy atom. The van der Waals surface area contributed by atoms with Gasteiger partial charge in [-0.3, -0.25) is 4.79 Å². The number of anilines is 1. The monoisotopic (exact) mass is 415 g/mol. The average molecular weight is 415 g/mol. The van der Waals surface area contributed by atoms with Crippen molar-refractivity contribution in [3.63, 3.8) is 0 Å². The molecule has 0 saturated carbocycles. The molecule has 0 aliphatic rings. The van der Waals surface area contributed by atoms with Gasteiger partial charge in [-0.15, -0.1) is 0 Å². The number of nitrogens with zero attached hydrogens (tertiary/aromatic N) is 3. The molecule has 1 aromatic heterocycles. The zero-order chi connectivity index (χ0) is 21.8. The van der Waals surface area contributed by atoms with E-state index in [1.807, 2.05) is 61.5 Å². The van der Waals surface area contributed by atoms with E-state index >= 15 is 0 Å². The summed E-state index contributed by atoms with van der Waals surface area (Å²) in [5.74, 6) is 0.794. The summed E-state index contributed by atoms with van der Waals surface area (Å²) in [5, 5.41) is 0.822. The van der Waals surface area contributed by atoms with Crippen molar-refractivity contribution >= 4 is 22.4 Å². The fraction of sp³-hybridized carbons (Fsp3) is 0.160. The number of hydrogen-bond acceptors (Lipinski definition) is 5. The summed E-state index contributed by atoms with van der Waals surface area (Å²) in [6.07, 6.45) is 1.97. The van der Waals surface area contributed by atoms with Crippen LogP contribution in [0.15, 0.2) is 73.1 Å². The van der Waals surface area contributed by atoms with Gasteiger partial charge in [0.05, 0.1) is 10.9 Å². The minimum atomic E-state index is -0.331. The summed E-state index contributed by atoms with van der Waals surface area (Å²) in [6.45, 7) is 0. The molecule has 1 heterocycles. The molecular weight excluding hydrogens is 393 g/mol. The molecule has 6 heteroatoms. The maximum atomic E-state index is 13.3. The van der Waals surface area contributed by atoms with Crippen molar-refractivity contribution in [2.45, 2.75) is 12.8 Å². The second kappa shape index (κ2) is 8.92. The number of benzene rings is 3. The standard InChI is InChI=1S/C25H22FN3O2/c1-29(2)20-8-11-23-24(15-20)27-16-28-25(23)31-22-9-6-17(7-10-22)13-21(30)14-18-4-3-5-19(26)12-18/h3-12,15-16H,13-14H2,1-2H3. The first-order valence-electron chi connectivity index (χ1n) is 9.93. The quantitative estimate of drug-likeness (QED) is 0.426. The molecule has 5 nitrogen and oxygen atoms in total. The fourth-order valence-electron chi connectivity index (χ4n) is 3.33. The van der Waals surface area contributed by atoms with Crippen molar-refractivity contribution < 1.29 is 13.9 Å². The number of rotatable bonds is 7. The number of halogens is 1. The predicted molar refractivity (Wildman–Crippen MR) is 119 cm³/mol. The van der Waals surface area contributed by atoms with Gasteiger partial charge >= 0.3 is 0 Å². The summed E-state index contributed by atoms with van der Waals surface area (Å²) in [7, 11) is 3.95. The lowest BCUT2D eigenvalue weighted by Gasteiger charge is -2.13. The number of carbonyl (C=O) groups excluding carboxylic acids is 1. The Bertz CT molecular complexity index is 1220. The number of ether oxygens (including phenoxy) is 1. The Balaban J connectivity index is 1.44. The highest BCUT2D eigenvalue weighted by Gasteiger charge is 2.10. The maximum absolute atomic E-state index is 13.3. The van der Waals surface area contributed by atoms with Crippen molar-refractivity contribution in [3.8, 4) is 11.6 Å². The predicted octanol–water partition coefficient (Wildman–Crippen LogP) is 4.98. The third-order valence-electron chi connectivity index (χ3n) is 4.93. The summed E-state index contributed by atoms with van der Waals surface area (Å²) < 4.78 is 19.3. The Morgan fingerprint density at radius 2 is 1.71 bits per heavy atom. The van der Waals surface area contributed by atoms with Crippen LogP contribution in [0.5, 0.6) is 11.6 Å².